The van der Waals surface area contributed by atoms with Gasteiger partial charge in [0.2, 0.25) is 0 Å². The molecule has 2 N–H and O–H groups in total. The van der Waals surface area contributed by atoms with Gasteiger partial charge in [-0.05, 0) is 54.1 Å². The number of amides is 2. The van der Waals surface area contributed by atoms with Gasteiger partial charge in [0, 0.05) is 12.7 Å². The summed E-state index contributed by atoms with van der Waals surface area (Å²) in [5.41, 5.74) is 2.00. The molecule has 0 bridgehead atoms. The molecule has 182 valence electrons. The van der Waals surface area contributed by atoms with Crippen molar-refractivity contribution in [1.29, 1.82) is 0 Å². The van der Waals surface area contributed by atoms with Gasteiger partial charge in [0.15, 0.2) is 6.61 Å². The van der Waals surface area contributed by atoms with Crippen LogP contribution >= 0.6 is 0 Å². The van der Waals surface area contributed by atoms with E-state index < -0.39 is 11.7 Å². The second-order valence-corrected chi connectivity index (χ2v) is 7.75. The highest BCUT2D eigenvalue weighted by Gasteiger charge is 2.14. The Morgan fingerprint density at radius 3 is 2.50 bits per heavy atom. The van der Waals surface area contributed by atoms with Crippen LogP contribution in [0.4, 0.5) is 10.1 Å². The van der Waals surface area contributed by atoms with Gasteiger partial charge in [-0.25, -0.2) is 4.39 Å². The summed E-state index contributed by atoms with van der Waals surface area (Å²) in [5.74, 6) is -0.544. The zero-order valence-electron chi connectivity index (χ0n) is 19.3. The molecule has 4 aromatic rings. The van der Waals surface area contributed by atoms with E-state index in [0.29, 0.717) is 12.4 Å². The molecule has 0 aliphatic carbocycles. The quantitative estimate of drug-likeness (QED) is 0.339. The third-order valence-electron chi connectivity index (χ3n) is 5.10. The van der Waals surface area contributed by atoms with Gasteiger partial charge in [-0.1, -0.05) is 42.5 Å². The molecule has 3 aromatic carbocycles. The van der Waals surface area contributed by atoms with Crippen molar-refractivity contribution in [3.8, 4) is 11.5 Å². The molecule has 0 radical (unpaired) electrons. The summed E-state index contributed by atoms with van der Waals surface area (Å²) >= 11 is 0. The van der Waals surface area contributed by atoms with Crippen molar-refractivity contribution in [3.05, 3.63) is 120 Å². The van der Waals surface area contributed by atoms with E-state index in [2.05, 4.69) is 15.6 Å². The lowest BCUT2D eigenvalue weighted by atomic mass is 10.1. The zero-order chi connectivity index (χ0) is 25.2. The van der Waals surface area contributed by atoms with Crippen LogP contribution in [0.3, 0.4) is 0 Å². The molecule has 0 saturated heterocycles. The summed E-state index contributed by atoms with van der Waals surface area (Å²) in [6.45, 7) is 0.224. The number of hydrogen-bond acceptors (Lipinski definition) is 5. The van der Waals surface area contributed by atoms with E-state index in [1.165, 1.54) is 18.2 Å². The maximum absolute atomic E-state index is 13.7. The highest BCUT2D eigenvalue weighted by Crippen LogP contribution is 2.19. The number of benzene rings is 3. The maximum Gasteiger partial charge on any atom is 0.262 e. The van der Waals surface area contributed by atoms with E-state index >= 15 is 0 Å². The lowest BCUT2D eigenvalue weighted by Gasteiger charge is -2.13. The van der Waals surface area contributed by atoms with E-state index in [0.717, 1.165) is 11.3 Å². The molecule has 0 aliphatic heterocycles. The number of aromatic nitrogens is 1. The number of nitrogens with one attached hydrogen (secondary N) is 2. The summed E-state index contributed by atoms with van der Waals surface area (Å²) < 4.78 is 25.1. The van der Waals surface area contributed by atoms with Crippen molar-refractivity contribution in [2.24, 2.45) is 0 Å². The summed E-state index contributed by atoms with van der Waals surface area (Å²) in [4.78, 5) is 29.3. The number of ether oxygens (including phenoxy) is 2. The first kappa shape index (κ1) is 24.4. The Balaban J connectivity index is 1.31. The molecule has 1 aromatic heterocycles. The topological polar surface area (TPSA) is 89.6 Å². The highest BCUT2D eigenvalue weighted by atomic mass is 19.1. The van der Waals surface area contributed by atoms with Crippen molar-refractivity contribution in [2.45, 2.75) is 13.2 Å². The first-order valence-corrected chi connectivity index (χ1v) is 11.2. The number of hydrogen-bond donors (Lipinski definition) is 2. The van der Waals surface area contributed by atoms with Crippen LogP contribution in [-0.2, 0) is 17.9 Å². The third kappa shape index (κ3) is 6.89. The van der Waals surface area contributed by atoms with Gasteiger partial charge in [0.1, 0.15) is 23.9 Å². The van der Waals surface area contributed by atoms with Crippen molar-refractivity contribution in [2.75, 3.05) is 11.9 Å². The molecule has 8 heteroatoms. The fourth-order valence-corrected chi connectivity index (χ4v) is 3.34. The van der Waals surface area contributed by atoms with Crippen LogP contribution in [0.15, 0.2) is 97.2 Å². The number of para-hydroxylation sites is 2. The highest BCUT2D eigenvalue weighted by molar-refractivity contribution is 5.97. The van der Waals surface area contributed by atoms with Crippen LogP contribution in [0.1, 0.15) is 21.6 Å². The molecule has 7 nitrogen and oxygen atoms in total. The smallest absolute Gasteiger partial charge is 0.262 e. The van der Waals surface area contributed by atoms with Crippen molar-refractivity contribution >= 4 is 17.5 Å². The zero-order valence-corrected chi connectivity index (χ0v) is 19.3. The Hall–Kier alpha value is -4.72. The van der Waals surface area contributed by atoms with Crippen molar-refractivity contribution < 1.29 is 23.5 Å². The van der Waals surface area contributed by atoms with Gasteiger partial charge in [0.25, 0.3) is 11.8 Å². The molecule has 0 aliphatic rings. The molecule has 0 fully saturated rings. The molecule has 0 saturated carbocycles. The lowest BCUT2D eigenvalue weighted by molar-refractivity contribution is -0.118. The monoisotopic (exact) mass is 485 g/mol. The van der Waals surface area contributed by atoms with E-state index in [1.54, 1.807) is 36.5 Å². The van der Waals surface area contributed by atoms with Crippen LogP contribution in [0.25, 0.3) is 0 Å². The van der Waals surface area contributed by atoms with E-state index in [4.69, 9.17) is 9.47 Å². The van der Waals surface area contributed by atoms with Gasteiger partial charge >= 0.3 is 0 Å². The Labute approximate surface area is 207 Å². The molecule has 1 heterocycles. The fraction of sp³-hybridized carbons (Fsp3) is 0.107. The second kappa shape index (κ2) is 12.1. The number of halogens is 1. The number of carbonyl (C=O) groups excluding carboxylic acids is 2. The first-order chi connectivity index (χ1) is 17.6. The van der Waals surface area contributed by atoms with Crippen LogP contribution in [0.2, 0.25) is 0 Å². The van der Waals surface area contributed by atoms with E-state index in [-0.39, 0.29) is 36.1 Å². The molecule has 0 atom stereocenters. The number of anilines is 1. The molecular formula is C28H24FN3O4. The number of rotatable bonds is 10. The molecule has 36 heavy (non-hydrogen) atoms. The predicted octanol–water partition coefficient (Wildman–Crippen LogP) is 4.75. The standard InChI is InChI=1S/C28H24FN3O4/c29-24-12-2-3-13-25(24)32-27(33)19-36-26-14-4-1-11-23(26)28(34)31-17-20-8-7-10-22(16-20)35-18-21-9-5-6-15-30-21/h1-16H,17-19H2,(H,31,34)(H,32,33). The summed E-state index contributed by atoms with van der Waals surface area (Å²) in [6, 6.07) is 25.5. The minimum absolute atomic E-state index is 0.0587. The molecule has 4 rings (SSSR count). The first-order valence-electron chi connectivity index (χ1n) is 11.2. The van der Waals surface area contributed by atoms with Gasteiger partial charge < -0.3 is 20.1 Å². The van der Waals surface area contributed by atoms with E-state index in [1.807, 2.05) is 42.5 Å². The SMILES string of the molecule is O=C(COc1ccccc1C(=O)NCc1cccc(OCc2ccccn2)c1)Nc1ccccc1F. The summed E-state index contributed by atoms with van der Waals surface area (Å²) in [7, 11) is 0. The minimum Gasteiger partial charge on any atom is -0.487 e. The normalized spacial score (nSPS) is 10.4. The van der Waals surface area contributed by atoms with Crippen molar-refractivity contribution in [1.82, 2.24) is 10.3 Å². The Kier molecular flexibility index (Phi) is 8.22. The predicted molar refractivity (Wildman–Crippen MR) is 133 cm³/mol. The van der Waals surface area contributed by atoms with Crippen LogP contribution < -0.4 is 20.1 Å². The van der Waals surface area contributed by atoms with Crippen LogP contribution in [0.5, 0.6) is 11.5 Å². The third-order valence-corrected chi connectivity index (χ3v) is 5.10. The second-order valence-electron chi connectivity index (χ2n) is 7.75. The average molecular weight is 486 g/mol. The number of nitrogens with zero attached hydrogens (tertiary/aromatic N) is 1. The number of carbonyl (C=O) groups is 2. The van der Waals surface area contributed by atoms with E-state index in [9.17, 15) is 14.0 Å². The largest absolute Gasteiger partial charge is 0.487 e. The van der Waals surface area contributed by atoms with Crippen molar-refractivity contribution in [3.63, 3.8) is 0 Å². The minimum atomic E-state index is -0.545. The fourth-order valence-electron chi connectivity index (χ4n) is 3.34. The molecular weight excluding hydrogens is 461 g/mol. The van der Waals surface area contributed by atoms with Crippen LogP contribution in [0, 0.1) is 5.82 Å². The van der Waals surface area contributed by atoms with Gasteiger partial charge in [-0.3, -0.25) is 14.6 Å². The van der Waals surface area contributed by atoms with Gasteiger partial charge in [-0.15, -0.1) is 0 Å². The maximum atomic E-state index is 13.7. The lowest BCUT2D eigenvalue weighted by Crippen LogP contribution is -2.25. The Morgan fingerprint density at radius 1 is 0.861 bits per heavy atom. The summed E-state index contributed by atoms with van der Waals surface area (Å²) in [6.07, 6.45) is 1.71. The molecule has 0 spiro atoms. The average Bonchev–Trinajstić information content (AvgIpc) is 2.92. The Morgan fingerprint density at radius 2 is 1.67 bits per heavy atom. The molecule has 2 amide bonds. The Bertz CT molecular complexity index is 1330. The number of pyridine rings is 1. The van der Waals surface area contributed by atoms with Gasteiger partial charge in [0.05, 0.1) is 16.9 Å². The summed E-state index contributed by atoms with van der Waals surface area (Å²) in [5, 5.41) is 5.30. The van der Waals surface area contributed by atoms with Crippen LogP contribution in [-0.4, -0.2) is 23.4 Å². The molecule has 0 unspecified atom stereocenters. The van der Waals surface area contributed by atoms with Gasteiger partial charge in [-0.2, -0.15) is 0 Å².